The Balaban J connectivity index is 0.000000277. The van der Waals surface area contributed by atoms with Crippen LogP contribution in [-0.4, -0.2) is 46.1 Å². The van der Waals surface area contributed by atoms with E-state index in [4.69, 9.17) is 11.0 Å². The Morgan fingerprint density at radius 2 is 2.00 bits per heavy atom. The molecule has 0 radical (unpaired) electrons. The predicted octanol–water partition coefficient (Wildman–Crippen LogP) is 3.04. The second-order valence-corrected chi connectivity index (χ2v) is 6.78. The Morgan fingerprint density at radius 3 is 2.38 bits per heavy atom. The lowest BCUT2D eigenvalue weighted by Crippen LogP contribution is -2.36. The van der Waals surface area contributed by atoms with Crippen molar-refractivity contribution in [2.75, 3.05) is 23.7 Å². The molecule has 2 heterocycles. The van der Waals surface area contributed by atoms with Gasteiger partial charge in [0.2, 0.25) is 0 Å². The molecule has 0 aromatic carbocycles. The summed E-state index contributed by atoms with van der Waals surface area (Å²) in [4.78, 5) is 12.7. The highest BCUT2D eigenvalue weighted by Crippen LogP contribution is 2.25. The number of nitriles is 1. The Hall–Kier alpha value is -1.87. The number of hydrogen-bond donors (Lipinski definition) is 1. The molecule has 1 aliphatic rings. The summed E-state index contributed by atoms with van der Waals surface area (Å²) in [5.41, 5.74) is 5.94. The van der Waals surface area contributed by atoms with Crippen LogP contribution >= 0.6 is 0 Å². The van der Waals surface area contributed by atoms with E-state index in [9.17, 15) is 0 Å². The first-order chi connectivity index (χ1) is 11.3. The van der Waals surface area contributed by atoms with E-state index in [0.29, 0.717) is 35.5 Å². The van der Waals surface area contributed by atoms with Crippen LogP contribution in [0.2, 0.25) is 0 Å². The van der Waals surface area contributed by atoms with Gasteiger partial charge in [-0.3, -0.25) is 4.90 Å². The van der Waals surface area contributed by atoms with Crippen molar-refractivity contribution in [3.05, 3.63) is 11.9 Å². The fourth-order valence-electron chi connectivity index (χ4n) is 3.25. The van der Waals surface area contributed by atoms with Gasteiger partial charge in [0.25, 0.3) is 0 Å². The van der Waals surface area contributed by atoms with Crippen LogP contribution in [-0.2, 0) is 0 Å². The smallest absolute Gasteiger partial charge is 0.183 e. The van der Waals surface area contributed by atoms with Crippen LogP contribution in [0.1, 0.15) is 60.1 Å². The van der Waals surface area contributed by atoms with Crippen molar-refractivity contribution < 1.29 is 0 Å². The van der Waals surface area contributed by atoms with E-state index in [1.165, 1.54) is 6.20 Å². The monoisotopic (exact) mass is 332 g/mol. The minimum Gasteiger partial charge on any atom is -0.382 e. The van der Waals surface area contributed by atoms with Gasteiger partial charge in [0.05, 0.1) is 6.20 Å². The average molecular weight is 332 g/mol. The minimum atomic E-state index is 0.359. The van der Waals surface area contributed by atoms with Crippen LogP contribution in [0, 0.1) is 11.3 Å². The Kier molecular flexibility index (Phi) is 7.93. The lowest BCUT2D eigenvalue weighted by Gasteiger charge is -2.28. The molecule has 0 aliphatic carbocycles. The third-order valence-electron chi connectivity index (χ3n) is 4.40. The summed E-state index contributed by atoms with van der Waals surface area (Å²) < 4.78 is 0. The number of hydrogen-bond acceptors (Lipinski definition) is 6. The first kappa shape index (κ1) is 20.2. The molecule has 6 nitrogen and oxygen atoms in total. The minimum absolute atomic E-state index is 0.359. The standard InChI is InChI=1S/C10H13N5.C8H19N/c1-7-3-2-4-15(7)10-8(5-11)13-6-9(12)14-10;1-6-9(7(2)3)8(4)5/h6-7H,2-4H2,1H3,(H2,12,14);7-8H,6H2,1-5H3/t7-;/m0./s1. The summed E-state index contributed by atoms with van der Waals surface area (Å²) in [5.74, 6) is 0.991. The molecule has 1 aromatic heterocycles. The Bertz CT molecular complexity index is 541. The third kappa shape index (κ3) is 5.34. The molecule has 134 valence electrons. The summed E-state index contributed by atoms with van der Waals surface area (Å²) in [5, 5.41) is 8.94. The van der Waals surface area contributed by atoms with E-state index in [2.05, 4.69) is 61.3 Å². The van der Waals surface area contributed by atoms with E-state index in [0.717, 1.165) is 25.9 Å². The predicted molar refractivity (Wildman–Crippen MR) is 99.9 cm³/mol. The van der Waals surface area contributed by atoms with Gasteiger partial charge in [0.15, 0.2) is 11.5 Å². The maximum absolute atomic E-state index is 8.94. The van der Waals surface area contributed by atoms with Crippen LogP contribution in [0.15, 0.2) is 6.20 Å². The molecular weight excluding hydrogens is 300 g/mol. The molecule has 24 heavy (non-hydrogen) atoms. The molecule has 1 aromatic rings. The van der Waals surface area contributed by atoms with Crippen molar-refractivity contribution in [3.63, 3.8) is 0 Å². The van der Waals surface area contributed by atoms with Crippen LogP contribution < -0.4 is 10.6 Å². The summed E-state index contributed by atoms with van der Waals surface area (Å²) in [6.45, 7) is 15.4. The normalized spacial score (nSPS) is 17.2. The molecule has 1 saturated heterocycles. The van der Waals surface area contributed by atoms with E-state index in [1.807, 2.05) is 6.07 Å². The molecule has 0 spiro atoms. The van der Waals surface area contributed by atoms with Crippen molar-refractivity contribution in [1.82, 2.24) is 14.9 Å². The largest absolute Gasteiger partial charge is 0.382 e. The van der Waals surface area contributed by atoms with Crippen LogP contribution in [0.5, 0.6) is 0 Å². The van der Waals surface area contributed by atoms with E-state index in [1.54, 1.807) is 0 Å². The first-order valence-electron chi connectivity index (χ1n) is 8.86. The SMILES string of the molecule is CCN(C(C)C)C(C)C.C[C@H]1CCCN1c1nc(N)cnc1C#N. The van der Waals surface area contributed by atoms with Crippen molar-refractivity contribution >= 4 is 11.6 Å². The third-order valence-corrected chi connectivity index (χ3v) is 4.40. The molecule has 2 rings (SSSR count). The quantitative estimate of drug-likeness (QED) is 0.912. The number of nitrogens with zero attached hydrogens (tertiary/aromatic N) is 5. The maximum atomic E-state index is 8.94. The van der Waals surface area contributed by atoms with Gasteiger partial charge in [-0.1, -0.05) is 6.92 Å². The summed E-state index contributed by atoms with van der Waals surface area (Å²) in [6.07, 6.45) is 3.67. The molecule has 1 fully saturated rings. The molecule has 1 aliphatic heterocycles. The fraction of sp³-hybridized carbons (Fsp3) is 0.722. The molecule has 0 unspecified atom stereocenters. The van der Waals surface area contributed by atoms with Crippen LogP contribution in [0.25, 0.3) is 0 Å². The molecule has 2 N–H and O–H groups in total. The zero-order valence-electron chi connectivity index (χ0n) is 16.0. The molecule has 0 amide bonds. The molecule has 6 heteroatoms. The van der Waals surface area contributed by atoms with Gasteiger partial charge in [-0.2, -0.15) is 5.26 Å². The fourth-order valence-corrected chi connectivity index (χ4v) is 3.25. The molecule has 0 saturated carbocycles. The topological polar surface area (TPSA) is 82.1 Å². The van der Waals surface area contributed by atoms with Gasteiger partial charge in [0.1, 0.15) is 11.9 Å². The number of aromatic nitrogens is 2. The number of nitrogens with two attached hydrogens (primary N) is 1. The molecular formula is C18H32N6. The Labute approximate surface area is 146 Å². The van der Waals surface area contributed by atoms with Gasteiger partial charge in [-0.25, -0.2) is 9.97 Å². The lowest BCUT2D eigenvalue weighted by molar-refractivity contribution is 0.185. The average Bonchev–Trinajstić information content (AvgIpc) is 2.93. The van der Waals surface area contributed by atoms with Gasteiger partial charge < -0.3 is 10.6 Å². The second-order valence-electron chi connectivity index (χ2n) is 6.78. The summed E-state index contributed by atoms with van der Waals surface area (Å²) in [7, 11) is 0. The zero-order chi connectivity index (χ0) is 18.3. The van der Waals surface area contributed by atoms with Gasteiger partial charge in [0, 0.05) is 24.7 Å². The molecule has 1 atom stereocenters. The van der Waals surface area contributed by atoms with Crippen LogP contribution in [0.4, 0.5) is 11.6 Å². The Morgan fingerprint density at radius 1 is 1.38 bits per heavy atom. The van der Waals surface area contributed by atoms with Crippen molar-refractivity contribution in [2.24, 2.45) is 0 Å². The lowest BCUT2D eigenvalue weighted by atomic mass is 10.2. The second kappa shape index (κ2) is 9.43. The number of rotatable bonds is 4. The van der Waals surface area contributed by atoms with Gasteiger partial charge >= 0.3 is 0 Å². The molecule has 0 bridgehead atoms. The highest BCUT2D eigenvalue weighted by molar-refractivity contribution is 5.54. The highest BCUT2D eigenvalue weighted by Gasteiger charge is 2.24. The van der Waals surface area contributed by atoms with Gasteiger partial charge in [-0.15, -0.1) is 0 Å². The van der Waals surface area contributed by atoms with Gasteiger partial charge in [-0.05, 0) is 54.0 Å². The van der Waals surface area contributed by atoms with E-state index < -0.39 is 0 Å². The van der Waals surface area contributed by atoms with Crippen molar-refractivity contribution in [2.45, 2.75) is 72.5 Å². The number of nitrogen functional groups attached to an aromatic ring is 1. The number of anilines is 2. The maximum Gasteiger partial charge on any atom is 0.183 e. The van der Waals surface area contributed by atoms with E-state index >= 15 is 0 Å². The van der Waals surface area contributed by atoms with Crippen molar-refractivity contribution in [1.29, 1.82) is 5.26 Å². The van der Waals surface area contributed by atoms with E-state index in [-0.39, 0.29) is 0 Å². The van der Waals surface area contributed by atoms with Crippen LogP contribution in [0.3, 0.4) is 0 Å². The van der Waals surface area contributed by atoms with Crippen molar-refractivity contribution in [3.8, 4) is 6.07 Å². The summed E-state index contributed by atoms with van der Waals surface area (Å²) >= 11 is 0. The zero-order valence-corrected chi connectivity index (χ0v) is 16.0. The highest BCUT2D eigenvalue weighted by atomic mass is 15.2. The summed E-state index contributed by atoms with van der Waals surface area (Å²) in [6, 6.07) is 3.84. The first-order valence-corrected chi connectivity index (χ1v) is 8.86.